The van der Waals surface area contributed by atoms with E-state index in [0.717, 1.165) is 58.7 Å². The average molecular weight is 578 g/mol. The summed E-state index contributed by atoms with van der Waals surface area (Å²) in [5, 5.41) is 1.01. The summed E-state index contributed by atoms with van der Waals surface area (Å²) < 4.78 is 11.7. The normalized spacial score (nSPS) is 21.4. The fourth-order valence-corrected chi connectivity index (χ4v) is 7.19. The predicted octanol–water partition coefficient (Wildman–Crippen LogP) is 3.94. The number of nitrogens with two attached hydrogens (primary N) is 1. The largest absolute Gasteiger partial charge is 0.494 e. The molecule has 2 aliphatic carbocycles. The lowest BCUT2D eigenvalue weighted by Gasteiger charge is -2.27. The second-order valence-corrected chi connectivity index (χ2v) is 12.5. The highest BCUT2D eigenvalue weighted by atomic mass is 16.5. The Morgan fingerprint density at radius 2 is 1.88 bits per heavy atom. The Hall–Kier alpha value is -4.44. The molecule has 2 saturated carbocycles. The molecule has 43 heavy (non-hydrogen) atoms. The molecule has 0 spiro atoms. The van der Waals surface area contributed by atoms with E-state index in [9.17, 15) is 9.59 Å². The number of fused-ring (bicyclic) bond motifs is 4. The molecule has 1 aliphatic heterocycles. The van der Waals surface area contributed by atoms with Crippen LogP contribution in [0.1, 0.15) is 36.0 Å². The van der Waals surface area contributed by atoms with Gasteiger partial charge in [-0.1, -0.05) is 0 Å². The molecule has 5 heterocycles. The number of nitrogens with zero attached hydrogens (tertiary/aromatic N) is 6. The van der Waals surface area contributed by atoms with Crippen molar-refractivity contribution in [2.24, 2.45) is 31.7 Å². The number of benzene rings is 1. The molecule has 8 rings (SSSR count). The van der Waals surface area contributed by atoms with Crippen LogP contribution in [0.4, 0.5) is 0 Å². The van der Waals surface area contributed by atoms with Gasteiger partial charge in [0.05, 0.1) is 24.0 Å². The van der Waals surface area contributed by atoms with Crippen molar-refractivity contribution in [3.63, 3.8) is 0 Å². The second kappa shape index (κ2) is 9.54. The van der Waals surface area contributed by atoms with E-state index in [-0.39, 0.29) is 23.6 Å². The number of carbonyl (C=O) groups excluding carboxylic acids is 1. The number of amides is 1. The summed E-state index contributed by atoms with van der Waals surface area (Å²) in [5.41, 5.74) is 11.9. The Labute approximate surface area is 248 Å². The maximum Gasteiger partial charge on any atom is 0.254 e. The fourth-order valence-electron chi connectivity index (χ4n) is 7.19. The van der Waals surface area contributed by atoms with E-state index < -0.39 is 0 Å². The monoisotopic (exact) mass is 577 g/mol. The van der Waals surface area contributed by atoms with Crippen LogP contribution in [0.3, 0.4) is 0 Å². The van der Waals surface area contributed by atoms with Crippen LogP contribution in [0.5, 0.6) is 5.75 Å². The Morgan fingerprint density at radius 3 is 2.58 bits per heavy atom. The van der Waals surface area contributed by atoms with Crippen molar-refractivity contribution in [1.29, 1.82) is 0 Å². The summed E-state index contributed by atoms with van der Waals surface area (Å²) in [5.74, 6) is 2.38. The van der Waals surface area contributed by atoms with Crippen LogP contribution in [0.15, 0.2) is 53.5 Å². The first-order chi connectivity index (χ1) is 20.8. The molecule has 1 saturated heterocycles. The van der Waals surface area contributed by atoms with Crippen LogP contribution < -0.4 is 16.0 Å². The van der Waals surface area contributed by atoms with Crippen molar-refractivity contribution in [2.75, 3.05) is 13.7 Å². The zero-order valence-electron chi connectivity index (χ0n) is 24.7. The van der Waals surface area contributed by atoms with Crippen LogP contribution in [0.25, 0.3) is 44.8 Å². The number of likely N-dealkylation sites (tertiary alicyclic amines) is 1. The summed E-state index contributed by atoms with van der Waals surface area (Å²) in [7, 11) is 5.37. The van der Waals surface area contributed by atoms with Crippen molar-refractivity contribution < 1.29 is 9.53 Å². The van der Waals surface area contributed by atoms with Crippen LogP contribution in [0, 0.1) is 11.8 Å². The molecule has 4 aromatic heterocycles. The lowest BCUT2D eigenvalue weighted by atomic mass is 10.1. The second-order valence-electron chi connectivity index (χ2n) is 12.5. The van der Waals surface area contributed by atoms with Gasteiger partial charge in [0.25, 0.3) is 11.5 Å². The topological polar surface area (TPSA) is 113 Å². The van der Waals surface area contributed by atoms with Gasteiger partial charge >= 0.3 is 0 Å². The Bertz CT molecular complexity index is 2000. The number of ether oxygens (including phenoxy) is 1. The third-order valence-electron chi connectivity index (χ3n) is 9.83. The standard InChI is InChI=1S/C33H35N7O3/c1-37-11-10-19(15-28(37)41)23-8-6-20-13-26(39(31(20)35-23)16-18-4-5-18)32-36-24-12-22(14-27(43-3)30(24)38(32)2)33(42)40-17-21-7-9-25(40)29(21)34/h6,8,10-15,18,21,25,29H,4-5,7,9,16-17,34H2,1-3H3/t21-,25-,29-/m1/s1. The molecular formula is C33H35N7O3. The maximum absolute atomic E-state index is 13.7. The van der Waals surface area contributed by atoms with Gasteiger partial charge in [-0.3, -0.25) is 9.59 Å². The minimum atomic E-state index is -0.0694. The van der Waals surface area contributed by atoms with Gasteiger partial charge < -0.3 is 29.1 Å². The number of carbonyl (C=O) groups is 1. The summed E-state index contributed by atoms with van der Waals surface area (Å²) in [4.78, 5) is 38.1. The number of aromatic nitrogens is 5. The van der Waals surface area contributed by atoms with E-state index >= 15 is 0 Å². The molecule has 3 fully saturated rings. The maximum atomic E-state index is 13.7. The molecular weight excluding hydrogens is 542 g/mol. The average Bonchev–Trinajstić information content (AvgIpc) is 3.42. The summed E-state index contributed by atoms with van der Waals surface area (Å²) in [6, 6.07) is 13.6. The van der Waals surface area contributed by atoms with Crippen LogP contribution >= 0.6 is 0 Å². The van der Waals surface area contributed by atoms with Gasteiger partial charge in [-0.15, -0.1) is 0 Å². The van der Waals surface area contributed by atoms with Crippen LogP contribution in [-0.4, -0.2) is 60.2 Å². The first-order valence-corrected chi connectivity index (χ1v) is 15.1. The molecule has 10 nitrogen and oxygen atoms in total. The molecule has 2 bridgehead atoms. The molecule has 0 radical (unpaired) electrons. The lowest BCUT2D eigenvalue weighted by molar-refractivity contribution is 0.0700. The fraction of sp³-hybridized carbons (Fsp3) is 0.394. The molecule has 5 aromatic rings. The van der Waals surface area contributed by atoms with Gasteiger partial charge in [0.2, 0.25) is 0 Å². The number of imidazole rings is 1. The van der Waals surface area contributed by atoms with Crippen molar-refractivity contribution in [1.82, 2.24) is 28.6 Å². The Kier molecular flexibility index (Phi) is 5.81. The van der Waals surface area contributed by atoms with Crippen molar-refractivity contribution in [2.45, 2.75) is 44.3 Å². The van der Waals surface area contributed by atoms with Gasteiger partial charge in [-0.2, -0.15) is 0 Å². The quantitative estimate of drug-likeness (QED) is 0.327. The van der Waals surface area contributed by atoms with Crippen molar-refractivity contribution in [3.05, 3.63) is 64.6 Å². The first-order valence-electron chi connectivity index (χ1n) is 15.1. The highest BCUT2D eigenvalue weighted by Crippen LogP contribution is 2.40. The van der Waals surface area contributed by atoms with Crippen LogP contribution in [0.2, 0.25) is 0 Å². The molecule has 220 valence electrons. The lowest BCUT2D eigenvalue weighted by Crippen LogP contribution is -2.41. The predicted molar refractivity (Wildman–Crippen MR) is 165 cm³/mol. The van der Waals surface area contributed by atoms with Crippen LogP contribution in [-0.2, 0) is 20.6 Å². The first kappa shape index (κ1) is 26.2. The van der Waals surface area contributed by atoms with Gasteiger partial charge in [-0.05, 0) is 73.9 Å². The summed E-state index contributed by atoms with van der Waals surface area (Å²) in [6.45, 7) is 1.56. The van der Waals surface area contributed by atoms with Crippen molar-refractivity contribution >= 4 is 28.0 Å². The third-order valence-corrected chi connectivity index (χ3v) is 9.83. The highest BCUT2D eigenvalue weighted by Gasteiger charge is 2.47. The van der Waals surface area contributed by atoms with E-state index in [4.69, 9.17) is 20.4 Å². The molecule has 3 aliphatic rings. The molecule has 1 aromatic carbocycles. The zero-order chi connectivity index (χ0) is 29.6. The van der Waals surface area contributed by atoms with E-state index in [2.05, 4.69) is 21.3 Å². The van der Waals surface area contributed by atoms with E-state index in [1.54, 1.807) is 31.0 Å². The molecule has 3 atom stereocenters. The van der Waals surface area contributed by atoms with E-state index in [1.807, 2.05) is 36.2 Å². The number of hydrogen-bond donors (Lipinski definition) is 1. The smallest absolute Gasteiger partial charge is 0.254 e. The number of hydrogen-bond acceptors (Lipinski definition) is 6. The van der Waals surface area contributed by atoms with Gasteiger partial charge in [0.15, 0.2) is 5.82 Å². The number of piperidine rings is 1. The minimum absolute atomic E-state index is 0.00891. The van der Waals surface area contributed by atoms with Gasteiger partial charge in [0.1, 0.15) is 16.9 Å². The number of aryl methyl sites for hydroxylation is 2. The summed E-state index contributed by atoms with van der Waals surface area (Å²) >= 11 is 0. The summed E-state index contributed by atoms with van der Waals surface area (Å²) in [6.07, 6.45) is 6.21. The highest BCUT2D eigenvalue weighted by molar-refractivity contribution is 6.00. The molecule has 1 amide bonds. The van der Waals surface area contributed by atoms with Crippen molar-refractivity contribution in [3.8, 4) is 28.5 Å². The Morgan fingerprint density at radius 1 is 1.05 bits per heavy atom. The van der Waals surface area contributed by atoms with Gasteiger partial charge in [0, 0.05) is 68.0 Å². The molecule has 10 heteroatoms. The van der Waals surface area contributed by atoms with E-state index in [0.29, 0.717) is 35.2 Å². The SMILES string of the molecule is COc1cc(C(=O)N2C[C@H]3CC[C@@H]2[C@@H]3N)cc2nc(-c3cc4ccc(-c5ccn(C)c(=O)c5)nc4n3CC3CC3)n(C)c12. The molecule has 0 unspecified atom stereocenters. The minimum Gasteiger partial charge on any atom is -0.494 e. The number of rotatable bonds is 6. The van der Waals surface area contributed by atoms with E-state index in [1.165, 1.54) is 12.8 Å². The number of pyridine rings is 2. The van der Waals surface area contributed by atoms with Gasteiger partial charge in [-0.25, -0.2) is 9.97 Å². The third kappa shape index (κ3) is 4.11. The molecule has 2 N–H and O–H groups in total. The number of methoxy groups -OCH3 is 1. The zero-order valence-corrected chi connectivity index (χ0v) is 24.7. The Balaban J connectivity index is 1.24.